The highest BCUT2D eigenvalue weighted by Crippen LogP contribution is 2.33. The zero-order chi connectivity index (χ0) is 7.44. The lowest BCUT2D eigenvalue weighted by Crippen LogP contribution is -1.94. The number of thiol groups is 1. The molecule has 0 rings (SSSR count). The molecular weight excluding hydrogens is 171 g/mol. The van der Waals surface area contributed by atoms with Gasteiger partial charge in [-0.15, -0.1) is 0 Å². The van der Waals surface area contributed by atoms with Gasteiger partial charge >= 0.3 is 7.80 Å². The molecule has 0 spiro atoms. The van der Waals surface area contributed by atoms with Gasteiger partial charge in [0.2, 0.25) is 0 Å². The summed E-state index contributed by atoms with van der Waals surface area (Å²) in [4.78, 5) is 0. The summed E-state index contributed by atoms with van der Waals surface area (Å²) in [6.07, 6.45) is 0.899. The molecule has 4 heteroatoms. The molecule has 0 aliphatic carbocycles. The average molecular weight is 181 g/mol. The van der Waals surface area contributed by atoms with Crippen LogP contribution in [0.2, 0.25) is 0 Å². The van der Waals surface area contributed by atoms with Crippen LogP contribution in [-0.2, 0) is 4.57 Å². The van der Waals surface area contributed by atoms with Crippen LogP contribution >= 0.6 is 32.6 Å². The first kappa shape index (κ1) is 9.54. The molecule has 0 aliphatic heterocycles. The Morgan fingerprint density at radius 3 is 2.44 bits per heavy atom. The SMILES string of the molecule is CCC(C)[P+](=O)C(=S)S. The highest BCUT2D eigenvalue weighted by Gasteiger charge is 2.26. The minimum absolute atomic E-state index is 0.185. The second-order valence-corrected chi connectivity index (χ2v) is 5.66. The second-order valence-electron chi connectivity index (χ2n) is 1.87. The van der Waals surface area contributed by atoms with Crippen molar-refractivity contribution in [3.63, 3.8) is 0 Å². The van der Waals surface area contributed by atoms with Crippen LogP contribution in [0.4, 0.5) is 0 Å². The van der Waals surface area contributed by atoms with E-state index in [0.29, 0.717) is 3.94 Å². The topological polar surface area (TPSA) is 17.1 Å². The van der Waals surface area contributed by atoms with E-state index in [2.05, 4.69) is 24.8 Å². The maximum atomic E-state index is 11.0. The van der Waals surface area contributed by atoms with Crippen molar-refractivity contribution in [1.82, 2.24) is 0 Å². The molecule has 0 saturated carbocycles. The Balaban J connectivity index is 3.88. The quantitative estimate of drug-likeness (QED) is 0.409. The van der Waals surface area contributed by atoms with Gasteiger partial charge in [0, 0.05) is 0 Å². The number of thiocarbonyl (C=S) groups is 1. The van der Waals surface area contributed by atoms with Gasteiger partial charge in [0.25, 0.3) is 3.94 Å². The van der Waals surface area contributed by atoms with E-state index in [4.69, 9.17) is 0 Å². The van der Waals surface area contributed by atoms with Gasteiger partial charge in [-0.2, -0.15) is 0 Å². The molecular formula is C5H10OPS2+. The van der Waals surface area contributed by atoms with E-state index in [0.717, 1.165) is 6.42 Å². The van der Waals surface area contributed by atoms with Gasteiger partial charge in [-0.05, 0) is 25.6 Å². The van der Waals surface area contributed by atoms with Gasteiger partial charge < -0.3 is 0 Å². The first-order valence-electron chi connectivity index (χ1n) is 2.78. The first-order chi connectivity index (χ1) is 4.09. The van der Waals surface area contributed by atoms with Gasteiger partial charge in [0.05, 0.1) is 0 Å². The van der Waals surface area contributed by atoms with Crippen molar-refractivity contribution in [2.75, 3.05) is 0 Å². The Morgan fingerprint density at radius 1 is 1.89 bits per heavy atom. The molecule has 0 aromatic rings. The standard InChI is InChI=1S/C5H9OPS2/c1-3-4(2)7(6)5(8)9/h4H,3H2,1-2H3/p+1. The summed E-state index contributed by atoms with van der Waals surface area (Å²) in [6, 6.07) is 0. The zero-order valence-corrected chi connectivity index (χ0v) is 8.10. The lowest BCUT2D eigenvalue weighted by molar-refractivity contribution is 0.586. The fourth-order valence-corrected chi connectivity index (χ4v) is 2.19. The van der Waals surface area contributed by atoms with Crippen molar-refractivity contribution >= 4 is 36.6 Å². The summed E-state index contributed by atoms with van der Waals surface area (Å²) in [5.74, 6) is 0. The van der Waals surface area contributed by atoms with Gasteiger partial charge in [0.15, 0.2) is 5.66 Å². The molecule has 2 atom stereocenters. The zero-order valence-electron chi connectivity index (χ0n) is 5.50. The van der Waals surface area contributed by atoms with Crippen molar-refractivity contribution in [3.05, 3.63) is 0 Å². The third-order valence-electron chi connectivity index (χ3n) is 1.18. The van der Waals surface area contributed by atoms with E-state index in [-0.39, 0.29) is 5.66 Å². The second kappa shape index (κ2) is 4.37. The molecule has 0 aliphatic rings. The maximum absolute atomic E-state index is 11.0. The van der Waals surface area contributed by atoms with Crippen molar-refractivity contribution < 1.29 is 4.57 Å². The van der Waals surface area contributed by atoms with Crippen molar-refractivity contribution in [2.45, 2.75) is 25.9 Å². The summed E-state index contributed by atoms with van der Waals surface area (Å²) in [6.45, 7) is 3.91. The molecule has 0 heterocycles. The molecule has 0 aromatic heterocycles. The molecule has 9 heavy (non-hydrogen) atoms. The number of hydrogen-bond acceptors (Lipinski definition) is 2. The van der Waals surface area contributed by atoms with E-state index in [1.807, 2.05) is 13.8 Å². The maximum Gasteiger partial charge on any atom is 0.398 e. The summed E-state index contributed by atoms with van der Waals surface area (Å²) >= 11 is 8.48. The predicted octanol–water partition coefficient (Wildman–Crippen LogP) is 2.83. The minimum atomic E-state index is -1.36. The monoisotopic (exact) mass is 181 g/mol. The molecule has 0 aromatic carbocycles. The summed E-state index contributed by atoms with van der Waals surface area (Å²) in [5, 5.41) is 0. The van der Waals surface area contributed by atoms with E-state index >= 15 is 0 Å². The van der Waals surface area contributed by atoms with Crippen molar-refractivity contribution in [1.29, 1.82) is 0 Å². The Labute approximate surface area is 67.4 Å². The summed E-state index contributed by atoms with van der Waals surface area (Å²) < 4.78 is 11.4. The van der Waals surface area contributed by atoms with Crippen LogP contribution in [-0.4, -0.2) is 9.60 Å². The minimum Gasteiger partial charge on any atom is -0.0822 e. The molecule has 0 bridgehead atoms. The Hall–Kier alpha value is 0.540. The van der Waals surface area contributed by atoms with Gasteiger partial charge in [-0.3, -0.25) is 0 Å². The van der Waals surface area contributed by atoms with Gasteiger partial charge in [0.1, 0.15) is 0 Å². The molecule has 2 unspecified atom stereocenters. The smallest absolute Gasteiger partial charge is 0.0822 e. The van der Waals surface area contributed by atoms with E-state index < -0.39 is 7.80 Å². The Kier molecular flexibility index (Phi) is 4.63. The van der Waals surface area contributed by atoms with E-state index in [1.165, 1.54) is 0 Å². The predicted molar refractivity (Wildman–Crippen MR) is 48.9 cm³/mol. The molecule has 0 amide bonds. The van der Waals surface area contributed by atoms with Crippen LogP contribution in [0, 0.1) is 0 Å². The fourth-order valence-electron chi connectivity index (χ4n) is 0.354. The van der Waals surface area contributed by atoms with Crippen LogP contribution in [0.15, 0.2) is 0 Å². The molecule has 0 radical (unpaired) electrons. The lowest BCUT2D eigenvalue weighted by atomic mass is 10.4. The van der Waals surface area contributed by atoms with Gasteiger partial charge in [-0.1, -0.05) is 24.1 Å². The molecule has 1 nitrogen and oxygen atoms in total. The van der Waals surface area contributed by atoms with Crippen LogP contribution < -0.4 is 0 Å². The third-order valence-corrected chi connectivity index (χ3v) is 3.85. The van der Waals surface area contributed by atoms with E-state index in [9.17, 15) is 4.57 Å². The first-order valence-corrected chi connectivity index (χ1v) is 4.97. The lowest BCUT2D eigenvalue weighted by Gasteiger charge is -1.89. The largest absolute Gasteiger partial charge is 0.398 e. The molecule has 0 fully saturated rings. The fraction of sp³-hybridized carbons (Fsp3) is 0.800. The van der Waals surface area contributed by atoms with Crippen LogP contribution in [0.25, 0.3) is 0 Å². The van der Waals surface area contributed by atoms with E-state index in [1.54, 1.807) is 0 Å². The van der Waals surface area contributed by atoms with Crippen LogP contribution in [0.3, 0.4) is 0 Å². The molecule has 0 N–H and O–H groups in total. The van der Waals surface area contributed by atoms with Crippen molar-refractivity contribution in [3.8, 4) is 0 Å². The third kappa shape index (κ3) is 3.29. The van der Waals surface area contributed by atoms with Crippen LogP contribution in [0.5, 0.6) is 0 Å². The highest BCUT2D eigenvalue weighted by molar-refractivity contribution is 8.25. The summed E-state index contributed by atoms with van der Waals surface area (Å²) in [7, 11) is -1.36. The average Bonchev–Trinajstić information content (AvgIpc) is 1.84. The Morgan fingerprint density at radius 2 is 2.33 bits per heavy atom. The molecule has 0 saturated heterocycles. The van der Waals surface area contributed by atoms with Crippen LogP contribution in [0.1, 0.15) is 20.3 Å². The Bertz CT molecular complexity index is 135. The molecule has 52 valence electrons. The number of rotatable bonds is 3. The highest BCUT2D eigenvalue weighted by atomic mass is 32.1. The van der Waals surface area contributed by atoms with Crippen molar-refractivity contribution in [2.24, 2.45) is 0 Å². The number of hydrogen-bond donors (Lipinski definition) is 1. The normalized spacial score (nSPS) is 14.8. The summed E-state index contributed by atoms with van der Waals surface area (Å²) in [5.41, 5.74) is 0.185. The van der Waals surface area contributed by atoms with Gasteiger partial charge in [-0.25, -0.2) is 0 Å².